The largest absolute Gasteiger partial charge is 0.324 e. The second kappa shape index (κ2) is 8.67. The van der Waals surface area contributed by atoms with E-state index >= 15 is 0 Å². The van der Waals surface area contributed by atoms with Crippen LogP contribution in [-0.2, 0) is 6.54 Å². The van der Waals surface area contributed by atoms with Crippen LogP contribution in [0.2, 0.25) is 0 Å². The summed E-state index contributed by atoms with van der Waals surface area (Å²) in [5.41, 5.74) is 5.03. The van der Waals surface area contributed by atoms with Gasteiger partial charge < -0.3 is 5.32 Å². The molecule has 0 radical (unpaired) electrons. The van der Waals surface area contributed by atoms with Crippen molar-refractivity contribution in [1.29, 1.82) is 0 Å². The Labute approximate surface area is 192 Å². The maximum absolute atomic E-state index is 4.72. The molecular weight excluding hydrogens is 470 g/mol. The molecule has 0 bridgehead atoms. The highest BCUT2D eigenvalue weighted by Gasteiger charge is 2.15. The van der Waals surface area contributed by atoms with Crippen molar-refractivity contribution in [3.8, 4) is 28.3 Å². The Kier molecular flexibility index (Phi) is 5.42. The highest BCUT2D eigenvalue weighted by molar-refractivity contribution is 9.10. The van der Waals surface area contributed by atoms with Gasteiger partial charge >= 0.3 is 0 Å². The van der Waals surface area contributed by atoms with Crippen LogP contribution in [0.5, 0.6) is 0 Å². The number of benzene rings is 1. The summed E-state index contributed by atoms with van der Waals surface area (Å²) in [7, 11) is 0. The van der Waals surface area contributed by atoms with Gasteiger partial charge in [0.2, 0.25) is 10.7 Å². The van der Waals surface area contributed by atoms with Crippen LogP contribution in [-0.4, -0.2) is 39.5 Å². The summed E-state index contributed by atoms with van der Waals surface area (Å²) < 4.78 is 4.12. The molecule has 0 aliphatic rings. The highest BCUT2D eigenvalue weighted by Crippen LogP contribution is 2.29. The van der Waals surface area contributed by atoms with Crippen molar-refractivity contribution in [2.75, 3.05) is 5.32 Å². The molecule has 0 aliphatic heterocycles. The van der Waals surface area contributed by atoms with Crippen LogP contribution in [0.25, 0.3) is 28.3 Å². The predicted molar refractivity (Wildman–Crippen MR) is 124 cm³/mol. The van der Waals surface area contributed by atoms with Crippen molar-refractivity contribution in [2.24, 2.45) is 0 Å². The SMILES string of the molecule is CCn1cc(-c2ccnc(Nc3ccc(-n4cnc(Br)n4)cc3)n2)c(-c2ccccn2)n1. The van der Waals surface area contributed by atoms with E-state index in [2.05, 4.69) is 46.4 Å². The van der Waals surface area contributed by atoms with E-state index in [1.165, 1.54) is 0 Å². The third-order valence-electron chi connectivity index (χ3n) is 4.78. The molecule has 4 heterocycles. The molecule has 10 heteroatoms. The molecule has 4 aromatic heterocycles. The van der Waals surface area contributed by atoms with Gasteiger partial charge in [0.15, 0.2) is 0 Å². The van der Waals surface area contributed by atoms with Gasteiger partial charge in [0.1, 0.15) is 12.0 Å². The van der Waals surface area contributed by atoms with Crippen molar-refractivity contribution in [1.82, 2.24) is 39.5 Å². The Bertz CT molecular complexity index is 1340. The Balaban J connectivity index is 1.43. The Morgan fingerprint density at radius 1 is 0.906 bits per heavy atom. The summed E-state index contributed by atoms with van der Waals surface area (Å²) in [5.74, 6) is 0.495. The molecule has 158 valence electrons. The molecule has 32 heavy (non-hydrogen) atoms. The van der Waals surface area contributed by atoms with Crippen molar-refractivity contribution in [3.63, 3.8) is 0 Å². The van der Waals surface area contributed by atoms with Crippen LogP contribution >= 0.6 is 15.9 Å². The molecule has 5 aromatic rings. The molecule has 0 saturated carbocycles. The molecular formula is C22H18BrN9. The minimum atomic E-state index is 0.495. The van der Waals surface area contributed by atoms with E-state index < -0.39 is 0 Å². The zero-order valence-electron chi connectivity index (χ0n) is 17.1. The summed E-state index contributed by atoms with van der Waals surface area (Å²) in [6.07, 6.45) is 7.13. The number of halogens is 1. The normalized spacial score (nSPS) is 10.9. The third-order valence-corrected chi connectivity index (χ3v) is 5.14. The van der Waals surface area contributed by atoms with Gasteiger partial charge in [-0.3, -0.25) is 9.67 Å². The van der Waals surface area contributed by atoms with E-state index in [0.29, 0.717) is 10.7 Å². The fourth-order valence-corrected chi connectivity index (χ4v) is 3.49. The number of hydrogen-bond donors (Lipinski definition) is 1. The molecule has 0 spiro atoms. The number of hydrogen-bond acceptors (Lipinski definition) is 7. The van der Waals surface area contributed by atoms with Gasteiger partial charge in [-0.15, -0.1) is 5.10 Å². The number of nitrogens with one attached hydrogen (secondary N) is 1. The van der Waals surface area contributed by atoms with Crippen LogP contribution in [0.4, 0.5) is 11.6 Å². The first-order chi connectivity index (χ1) is 15.7. The lowest BCUT2D eigenvalue weighted by Crippen LogP contribution is -1.99. The Morgan fingerprint density at radius 3 is 2.50 bits per heavy atom. The minimum Gasteiger partial charge on any atom is -0.324 e. The summed E-state index contributed by atoms with van der Waals surface area (Å²) in [4.78, 5) is 17.6. The van der Waals surface area contributed by atoms with Crippen LogP contribution in [0.1, 0.15) is 6.92 Å². The van der Waals surface area contributed by atoms with Gasteiger partial charge in [0, 0.05) is 36.4 Å². The van der Waals surface area contributed by atoms with E-state index in [4.69, 9.17) is 4.98 Å². The van der Waals surface area contributed by atoms with Gasteiger partial charge in [-0.05, 0) is 65.3 Å². The molecule has 0 saturated heterocycles. The molecule has 0 amide bonds. The topological polar surface area (TPSA) is 99.2 Å². The first kappa shape index (κ1) is 20.0. The van der Waals surface area contributed by atoms with E-state index in [1.54, 1.807) is 23.4 Å². The molecule has 0 unspecified atom stereocenters. The average Bonchev–Trinajstić information content (AvgIpc) is 3.47. The van der Waals surface area contributed by atoms with E-state index in [0.717, 1.165) is 40.6 Å². The minimum absolute atomic E-state index is 0.495. The van der Waals surface area contributed by atoms with E-state index in [-0.39, 0.29) is 0 Å². The van der Waals surface area contributed by atoms with Gasteiger partial charge in [-0.1, -0.05) is 6.07 Å². The first-order valence-electron chi connectivity index (χ1n) is 9.96. The average molecular weight is 488 g/mol. The molecule has 0 aliphatic carbocycles. The molecule has 5 rings (SSSR count). The summed E-state index contributed by atoms with van der Waals surface area (Å²) in [6, 6.07) is 15.4. The number of anilines is 2. The van der Waals surface area contributed by atoms with Gasteiger partial charge in [0.25, 0.3) is 0 Å². The summed E-state index contributed by atoms with van der Waals surface area (Å²) in [6.45, 7) is 2.80. The van der Waals surface area contributed by atoms with Crippen LogP contribution in [0.15, 0.2) is 78.2 Å². The monoisotopic (exact) mass is 487 g/mol. The molecule has 1 N–H and O–H groups in total. The second-order valence-electron chi connectivity index (χ2n) is 6.86. The number of nitrogens with zero attached hydrogens (tertiary/aromatic N) is 8. The van der Waals surface area contributed by atoms with E-state index in [1.807, 2.05) is 66.3 Å². The molecule has 9 nitrogen and oxygen atoms in total. The number of aromatic nitrogens is 8. The molecule has 1 aromatic carbocycles. The standard InChI is InChI=1S/C22H18BrN9/c1-2-31-13-17(20(29-31)19-5-3-4-11-24-19)18-10-12-25-22(28-18)27-15-6-8-16(9-7-15)32-14-26-21(23)30-32/h3-14H,2H2,1H3,(H,25,27,28). The van der Waals surface area contributed by atoms with Crippen molar-refractivity contribution in [2.45, 2.75) is 13.5 Å². The molecule has 0 atom stereocenters. The lowest BCUT2D eigenvalue weighted by atomic mass is 10.1. The number of rotatable bonds is 6. The predicted octanol–water partition coefficient (Wildman–Crippen LogP) is 4.51. The Morgan fingerprint density at radius 2 is 1.78 bits per heavy atom. The molecule has 0 fully saturated rings. The smallest absolute Gasteiger partial charge is 0.227 e. The van der Waals surface area contributed by atoms with Crippen molar-refractivity contribution >= 4 is 27.6 Å². The third kappa shape index (κ3) is 4.12. The highest BCUT2D eigenvalue weighted by atomic mass is 79.9. The first-order valence-corrected chi connectivity index (χ1v) is 10.8. The summed E-state index contributed by atoms with van der Waals surface area (Å²) >= 11 is 3.26. The number of aryl methyl sites for hydroxylation is 1. The maximum Gasteiger partial charge on any atom is 0.227 e. The van der Waals surface area contributed by atoms with Crippen LogP contribution < -0.4 is 5.32 Å². The number of pyridine rings is 1. The zero-order valence-corrected chi connectivity index (χ0v) is 18.7. The quantitative estimate of drug-likeness (QED) is 0.376. The van der Waals surface area contributed by atoms with E-state index in [9.17, 15) is 0 Å². The summed E-state index contributed by atoms with van der Waals surface area (Å²) in [5, 5.41) is 12.2. The van der Waals surface area contributed by atoms with Crippen LogP contribution in [0.3, 0.4) is 0 Å². The lowest BCUT2D eigenvalue weighted by molar-refractivity contribution is 0.662. The van der Waals surface area contributed by atoms with Gasteiger partial charge in [-0.25, -0.2) is 19.6 Å². The van der Waals surface area contributed by atoms with Crippen molar-refractivity contribution in [3.05, 3.63) is 78.2 Å². The Hall–Kier alpha value is -3.92. The maximum atomic E-state index is 4.72. The fourth-order valence-electron chi connectivity index (χ4n) is 3.23. The lowest BCUT2D eigenvalue weighted by Gasteiger charge is -2.08. The fraction of sp³-hybridized carbons (Fsp3) is 0.0909. The van der Waals surface area contributed by atoms with Gasteiger partial charge in [0.05, 0.1) is 17.1 Å². The van der Waals surface area contributed by atoms with Crippen molar-refractivity contribution < 1.29 is 0 Å². The van der Waals surface area contributed by atoms with Gasteiger partial charge in [-0.2, -0.15) is 5.10 Å². The zero-order chi connectivity index (χ0) is 21.9. The van der Waals surface area contributed by atoms with Crippen LogP contribution in [0, 0.1) is 0 Å². The second-order valence-corrected chi connectivity index (χ2v) is 7.57.